The number of rotatable bonds is 7. The highest BCUT2D eigenvalue weighted by atomic mass is 35.5. The van der Waals surface area contributed by atoms with Gasteiger partial charge in [0.2, 0.25) is 5.91 Å². The summed E-state index contributed by atoms with van der Waals surface area (Å²) < 4.78 is 20.3. The number of hydrogen-bond acceptors (Lipinski definition) is 6. The summed E-state index contributed by atoms with van der Waals surface area (Å²) in [6, 6.07) is 9.48. The van der Waals surface area contributed by atoms with Crippen LogP contribution in [-0.4, -0.2) is 26.6 Å². The summed E-state index contributed by atoms with van der Waals surface area (Å²) in [7, 11) is 0. The van der Waals surface area contributed by atoms with Crippen LogP contribution in [0.25, 0.3) is 11.5 Å². The average Bonchev–Trinajstić information content (AvgIpc) is 3.48. The number of nitrogens with zero attached hydrogens (tertiary/aromatic N) is 3. The molecule has 2 N–H and O–H groups in total. The standard InChI is InChI=1S/C22H19ClFN5O3S/c1-12-19(20(23)29(28-12)10-14-3-5-15(24)6-4-14)21(31)27-22-26-17(11-33-22)18-8-7-16(32-18)9-25-13(2)30/h3-8,11H,9-10H2,1-2H3,(H,25,30)(H,26,27,31). The van der Waals surface area contributed by atoms with Gasteiger partial charge in [0.25, 0.3) is 5.91 Å². The van der Waals surface area contributed by atoms with Crippen molar-refractivity contribution in [3.05, 3.63) is 75.3 Å². The molecule has 0 aliphatic heterocycles. The molecule has 33 heavy (non-hydrogen) atoms. The van der Waals surface area contributed by atoms with E-state index in [4.69, 9.17) is 16.0 Å². The molecule has 3 aromatic heterocycles. The maximum atomic E-state index is 13.1. The molecule has 4 aromatic rings. The minimum atomic E-state index is -0.436. The Hall–Kier alpha value is -3.50. The van der Waals surface area contributed by atoms with Gasteiger partial charge >= 0.3 is 0 Å². The number of benzene rings is 1. The lowest BCUT2D eigenvalue weighted by Gasteiger charge is -2.04. The Labute approximate surface area is 197 Å². The molecule has 0 aliphatic carbocycles. The van der Waals surface area contributed by atoms with Crippen LogP contribution in [0.1, 0.15) is 34.3 Å². The van der Waals surface area contributed by atoms with Crippen molar-refractivity contribution in [2.75, 3.05) is 5.32 Å². The number of halogens is 2. The Kier molecular flexibility index (Phi) is 6.57. The number of thiazole rings is 1. The zero-order valence-corrected chi connectivity index (χ0v) is 19.3. The Morgan fingerprint density at radius 3 is 2.70 bits per heavy atom. The van der Waals surface area contributed by atoms with E-state index < -0.39 is 5.91 Å². The van der Waals surface area contributed by atoms with Crippen molar-refractivity contribution in [3.8, 4) is 11.5 Å². The fourth-order valence-electron chi connectivity index (χ4n) is 3.10. The summed E-state index contributed by atoms with van der Waals surface area (Å²) in [5, 5.41) is 12.1. The largest absolute Gasteiger partial charge is 0.458 e. The smallest absolute Gasteiger partial charge is 0.262 e. The van der Waals surface area contributed by atoms with Gasteiger partial charge in [0, 0.05) is 12.3 Å². The highest BCUT2D eigenvalue weighted by molar-refractivity contribution is 7.14. The Morgan fingerprint density at radius 1 is 1.21 bits per heavy atom. The first-order valence-corrected chi connectivity index (χ1v) is 11.1. The summed E-state index contributed by atoms with van der Waals surface area (Å²) in [5.41, 5.74) is 2.06. The van der Waals surface area contributed by atoms with Gasteiger partial charge in [-0.2, -0.15) is 5.10 Å². The molecule has 1 aromatic carbocycles. The maximum Gasteiger partial charge on any atom is 0.262 e. The molecule has 0 aliphatic rings. The molecule has 4 rings (SSSR count). The Bertz CT molecular complexity index is 1310. The van der Waals surface area contributed by atoms with Crippen molar-refractivity contribution in [3.63, 3.8) is 0 Å². The predicted octanol–water partition coefficient (Wildman–Crippen LogP) is 4.64. The van der Waals surface area contributed by atoms with Crippen molar-refractivity contribution in [1.29, 1.82) is 0 Å². The minimum Gasteiger partial charge on any atom is -0.458 e. The van der Waals surface area contributed by atoms with Crippen LogP contribution >= 0.6 is 22.9 Å². The Morgan fingerprint density at radius 2 is 1.97 bits per heavy atom. The SMILES string of the molecule is CC(=O)NCc1ccc(-c2csc(NC(=O)c3c(C)nn(Cc4ccc(F)cc4)c3Cl)n2)o1. The number of hydrogen-bond donors (Lipinski definition) is 2. The third kappa shape index (κ3) is 5.29. The van der Waals surface area contributed by atoms with E-state index in [1.54, 1.807) is 36.6 Å². The van der Waals surface area contributed by atoms with Crippen LogP contribution in [0.15, 0.2) is 46.2 Å². The van der Waals surface area contributed by atoms with Crippen molar-refractivity contribution >= 4 is 39.9 Å². The zero-order valence-electron chi connectivity index (χ0n) is 17.7. The highest BCUT2D eigenvalue weighted by Gasteiger charge is 2.22. The number of aryl methyl sites for hydroxylation is 1. The number of nitrogens with one attached hydrogen (secondary N) is 2. The lowest BCUT2D eigenvalue weighted by Crippen LogP contribution is -2.18. The van der Waals surface area contributed by atoms with Gasteiger partial charge in [-0.05, 0) is 36.8 Å². The second-order valence-electron chi connectivity index (χ2n) is 7.20. The Balaban J connectivity index is 1.46. The van der Waals surface area contributed by atoms with E-state index in [2.05, 4.69) is 20.7 Å². The van der Waals surface area contributed by atoms with Gasteiger partial charge in [-0.1, -0.05) is 23.7 Å². The molecule has 0 saturated carbocycles. The van der Waals surface area contributed by atoms with E-state index >= 15 is 0 Å². The second-order valence-corrected chi connectivity index (χ2v) is 8.42. The van der Waals surface area contributed by atoms with E-state index in [0.29, 0.717) is 34.6 Å². The number of anilines is 1. The summed E-state index contributed by atoms with van der Waals surface area (Å²) >= 11 is 7.67. The molecule has 11 heteroatoms. The molecule has 0 fully saturated rings. The van der Waals surface area contributed by atoms with Gasteiger partial charge in [-0.3, -0.25) is 14.9 Å². The zero-order chi connectivity index (χ0) is 23.5. The predicted molar refractivity (Wildman–Crippen MR) is 123 cm³/mol. The van der Waals surface area contributed by atoms with Crippen molar-refractivity contribution in [2.45, 2.75) is 26.9 Å². The van der Waals surface area contributed by atoms with Crippen molar-refractivity contribution < 1.29 is 18.4 Å². The van der Waals surface area contributed by atoms with Crippen LogP contribution in [0.2, 0.25) is 5.15 Å². The van der Waals surface area contributed by atoms with Crippen LogP contribution in [0, 0.1) is 12.7 Å². The van der Waals surface area contributed by atoms with Crippen LogP contribution in [0.3, 0.4) is 0 Å². The monoisotopic (exact) mass is 487 g/mol. The number of amides is 2. The molecule has 0 bridgehead atoms. The normalized spacial score (nSPS) is 10.9. The van der Waals surface area contributed by atoms with Crippen LogP contribution in [0.5, 0.6) is 0 Å². The lowest BCUT2D eigenvalue weighted by atomic mass is 10.2. The third-order valence-electron chi connectivity index (χ3n) is 4.69. The summed E-state index contributed by atoms with van der Waals surface area (Å²) in [6.45, 7) is 3.70. The first-order valence-electron chi connectivity index (χ1n) is 9.88. The fourth-order valence-corrected chi connectivity index (χ4v) is 4.12. The van der Waals surface area contributed by atoms with E-state index in [1.165, 1.54) is 35.1 Å². The minimum absolute atomic E-state index is 0.151. The van der Waals surface area contributed by atoms with Gasteiger partial charge in [0.1, 0.15) is 22.4 Å². The third-order valence-corrected chi connectivity index (χ3v) is 5.83. The van der Waals surface area contributed by atoms with Gasteiger partial charge < -0.3 is 9.73 Å². The van der Waals surface area contributed by atoms with Gasteiger partial charge in [0.15, 0.2) is 10.9 Å². The number of aromatic nitrogens is 3. The lowest BCUT2D eigenvalue weighted by molar-refractivity contribution is -0.119. The van der Waals surface area contributed by atoms with Crippen LogP contribution in [-0.2, 0) is 17.9 Å². The maximum absolute atomic E-state index is 13.1. The molecular weight excluding hydrogens is 469 g/mol. The van der Waals surface area contributed by atoms with Crippen LogP contribution < -0.4 is 10.6 Å². The van der Waals surface area contributed by atoms with Gasteiger partial charge in [0.05, 0.1) is 24.3 Å². The molecular formula is C22H19ClFN5O3S. The second kappa shape index (κ2) is 9.55. The number of carbonyl (C=O) groups excluding carboxylic acids is 2. The summed E-state index contributed by atoms with van der Waals surface area (Å²) in [6.07, 6.45) is 0. The van der Waals surface area contributed by atoms with Crippen LogP contribution in [0.4, 0.5) is 9.52 Å². The first-order chi connectivity index (χ1) is 15.8. The van der Waals surface area contributed by atoms with Gasteiger partial charge in [-0.25, -0.2) is 14.1 Å². The molecule has 8 nitrogen and oxygen atoms in total. The summed E-state index contributed by atoms with van der Waals surface area (Å²) in [4.78, 5) is 28.3. The number of furan rings is 1. The van der Waals surface area contributed by atoms with E-state index in [9.17, 15) is 14.0 Å². The molecule has 0 unspecified atom stereocenters. The highest BCUT2D eigenvalue weighted by Crippen LogP contribution is 2.28. The van der Waals surface area contributed by atoms with Gasteiger partial charge in [-0.15, -0.1) is 11.3 Å². The van der Waals surface area contributed by atoms with Crippen molar-refractivity contribution in [2.24, 2.45) is 0 Å². The molecule has 3 heterocycles. The molecule has 0 radical (unpaired) electrons. The molecule has 2 amide bonds. The first kappa shape index (κ1) is 22.7. The summed E-state index contributed by atoms with van der Waals surface area (Å²) in [5.74, 6) is 0.196. The number of carbonyl (C=O) groups is 2. The van der Waals surface area contributed by atoms with E-state index in [1.807, 2.05) is 0 Å². The van der Waals surface area contributed by atoms with E-state index in [-0.39, 0.29) is 29.0 Å². The topological polar surface area (TPSA) is 102 Å². The van der Waals surface area contributed by atoms with E-state index in [0.717, 1.165) is 5.56 Å². The molecule has 0 spiro atoms. The van der Waals surface area contributed by atoms with Crippen molar-refractivity contribution in [1.82, 2.24) is 20.1 Å². The fraction of sp³-hybridized carbons (Fsp3) is 0.182. The molecule has 170 valence electrons. The molecule has 0 saturated heterocycles. The quantitative estimate of drug-likeness (QED) is 0.395. The molecule has 0 atom stereocenters. The average molecular weight is 488 g/mol.